The van der Waals surface area contributed by atoms with Gasteiger partial charge in [-0.2, -0.15) is 0 Å². The van der Waals surface area contributed by atoms with Crippen LogP contribution < -0.4 is 10.6 Å². The average molecular weight is 368 g/mol. The van der Waals surface area contributed by atoms with Crippen LogP contribution in [0.25, 0.3) is 11.0 Å². The Bertz CT molecular complexity index is 924. The first-order valence-electron chi connectivity index (χ1n) is 8.33. The Labute approximate surface area is 156 Å². The molecule has 0 fully saturated rings. The first-order chi connectivity index (χ1) is 12.6. The van der Waals surface area contributed by atoms with Crippen molar-refractivity contribution >= 4 is 34.7 Å². The fourth-order valence-electron chi connectivity index (χ4n) is 2.70. The van der Waals surface area contributed by atoms with Crippen molar-refractivity contribution in [1.29, 1.82) is 0 Å². The third kappa shape index (κ3) is 3.72. The molecule has 3 aromatic rings. The van der Waals surface area contributed by atoms with Gasteiger partial charge < -0.3 is 9.88 Å². The number of imide groups is 1. The number of carbonyl (C=O) groups excluding carboxylic acids is 2. The number of fused-ring (bicyclic) bond motifs is 1. The molecule has 3 rings (SSSR count). The van der Waals surface area contributed by atoms with E-state index in [0.29, 0.717) is 0 Å². The number of imidazole rings is 1. The first-order valence-corrected chi connectivity index (χ1v) is 9.21. The molecule has 3 amide bonds. The fraction of sp³-hybridized carbons (Fsp3) is 0.211. The quantitative estimate of drug-likeness (QED) is 0.677. The van der Waals surface area contributed by atoms with E-state index in [1.54, 1.807) is 0 Å². The summed E-state index contributed by atoms with van der Waals surface area (Å²) >= 11 is 1.34. The number of benzene rings is 2. The molecule has 2 N–H and O–H groups in total. The van der Waals surface area contributed by atoms with Crippen molar-refractivity contribution in [2.45, 2.75) is 23.9 Å². The summed E-state index contributed by atoms with van der Waals surface area (Å²) in [6, 6.07) is 16.7. The number of thioether (sulfide) groups is 1. The molecule has 7 heteroatoms. The van der Waals surface area contributed by atoms with Crippen molar-refractivity contribution < 1.29 is 9.59 Å². The second-order valence-electron chi connectivity index (χ2n) is 5.60. The second-order valence-corrected chi connectivity index (χ2v) is 6.68. The Morgan fingerprint density at radius 2 is 1.81 bits per heavy atom. The van der Waals surface area contributed by atoms with Crippen molar-refractivity contribution in [2.75, 3.05) is 7.05 Å². The molecule has 1 heterocycles. The van der Waals surface area contributed by atoms with Crippen LogP contribution in [0, 0.1) is 0 Å². The smallest absolute Gasteiger partial charge is 0.321 e. The number of aromatic nitrogens is 2. The van der Waals surface area contributed by atoms with Gasteiger partial charge in [-0.3, -0.25) is 10.1 Å². The number of carbonyl (C=O) groups is 2. The van der Waals surface area contributed by atoms with Crippen LogP contribution in [0.4, 0.5) is 4.79 Å². The number of hydrogen-bond donors (Lipinski definition) is 2. The number of amides is 3. The molecule has 0 aliphatic carbocycles. The van der Waals surface area contributed by atoms with Gasteiger partial charge in [0.25, 0.3) is 0 Å². The molecule has 0 saturated carbocycles. The predicted molar refractivity (Wildman–Crippen MR) is 103 cm³/mol. The van der Waals surface area contributed by atoms with Gasteiger partial charge in [-0.05, 0) is 24.6 Å². The van der Waals surface area contributed by atoms with Crippen LogP contribution in [0.1, 0.15) is 17.7 Å². The van der Waals surface area contributed by atoms with E-state index in [-0.39, 0.29) is 5.91 Å². The van der Waals surface area contributed by atoms with E-state index < -0.39 is 11.3 Å². The Balaban J connectivity index is 1.98. The topological polar surface area (TPSA) is 76.0 Å². The molecule has 0 aliphatic heterocycles. The number of nitrogens with zero attached hydrogens (tertiary/aromatic N) is 2. The zero-order valence-electron chi connectivity index (χ0n) is 14.6. The summed E-state index contributed by atoms with van der Waals surface area (Å²) in [4.78, 5) is 29.0. The summed E-state index contributed by atoms with van der Waals surface area (Å²) in [5.41, 5.74) is 2.72. The van der Waals surface area contributed by atoms with E-state index in [0.717, 1.165) is 28.3 Å². The maximum atomic E-state index is 12.7. The van der Waals surface area contributed by atoms with Gasteiger partial charge in [0.05, 0.1) is 11.0 Å². The van der Waals surface area contributed by atoms with Gasteiger partial charge in [-0.15, -0.1) is 0 Å². The Hall–Kier alpha value is -2.80. The van der Waals surface area contributed by atoms with Gasteiger partial charge in [-0.25, -0.2) is 9.78 Å². The van der Waals surface area contributed by atoms with Crippen LogP contribution in [-0.4, -0.2) is 28.5 Å². The molecule has 0 aliphatic rings. The zero-order valence-corrected chi connectivity index (χ0v) is 15.4. The van der Waals surface area contributed by atoms with E-state index in [1.807, 2.05) is 61.5 Å². The van der Waals surface area contributed by atoms with Crippen LogP contribution in [0.2, 0.25) is 0 Å². The van der Waals surface area contributed by atoms with Crippen molar-refractivity contribution in [3.05, 3.63) is 60.2 Å². The molecule has 2 aromatic carbocycles. The minimum atomic E-state index is -0.587. The monoisotopic (exact) mass is 368 g/mol. The highest BCUT2D eigenvalue weighted by Gasteiger charge is 2.26. The summed E-state index contributed by atoms with van der Waals surface area (Å²) < 4.78 is 2.07. The SMILES string of the molecule is CCn1c(S[C@H](C(=O)NC(=O)NC)c2ccccc2)nc2ccccc21. The minimum Gasteiger partial charge on any atom is -0.341 e. The van der Waals surface area contributed by atoms with Gasteiger partial charge in [0.1, 0.15) is 5.25 Å². The maximum Gasteiger partial charge on any atom is 0.321 e. The zero-order chi connectivity index (χ0) is 18.5. The van der Waals surface area contributed by atoms with Crippen molar-refractivity contribution in [2.24, 2.45) is 0 Å². The number of urea groups is 1. The van der Waals surface area contributed by atoms with Crippen molar-refractivity contribution in [3.8, 4) is 0 Å². The molecule has 26 heavy (non-hydrogen) atoms. The molecule has 0 spiro atoms. The Morgan fingerprint density at radius 3 is 2.50 bits per heavy atom. The molecular weight excluding hydrogens is 348 g/mol. The van der Waals surface area contributed by atoms with Crippen LogP contribution in [-0.2, 0) is 11.3 Å². The molecular formula is C19H20N4O2S. The van der Waals surface area contributed by atoms with E-state index >= 15 is 0 Å². The summed E-state index contributed by atoms with van der Waals surface area (Å²) in [7, 11) is 1.48. The van der Waals surface area contributed by atoms with E-state index in [1.165, 1.54) is 18.8 Å². The second kappa shape index (κ2) is 8.05. The van der Waals surface area contributed by atoms with Gasteiger partial charge in [0.2, 0.25) is 5.91 Å². The lowest BCUT2D eigenvalue weighted by Gasteiger charge is -2.16. The van der Waals surface area contributed by atoms with Gasteiger partial charge in [0, 0.05) is 13.6 Å². The van der Waals surface area contributed by atoms with Crippen molar-refractivity contribution in [3.63, 3.8) is 0 Å². The molecule has 0 bridgehead atoms. The highest BCUT2D eigenvalue weighted by molar-refractivity contribution is 8.00. The van der Waals surface area contributed by atoms with Crippen LogP contribution >= 0.6 is 11.8 Å². The van der Waals surface area contributed by atoms with Gasteiger partial charge in [-0.1, -0.05) is 54.2 Å². The summed E-state index contributed by atoms with van der Waals surface area (Å²) in [5, 5.41) is 4.94. The number of rotatable bonds is 5. The predicted octanol–water partition coefficient (Wildman–Crippen LogP) is 3.35. The molecule has 134 valence electrons. The third-order valence-electron chi connectivity index (χ3n) is 3.96. The van der Waals surface area contributed by atoms with Gasteiger partial charge in [0.15, 0.2) is 5.16 Å². The highest BCUT2D eigenvalue weighted by atomic mass is 32.2. The van der Waals surface area contributed by atoms with Crippen molar-refractivity contribution in [1.82, 2.24) is 20.2 Å². The van der Waals surface area contributed by atoms with Crippen LogP contribution in [0.3, 0.4) is 0 Å². The lowest BCUT2D eigenvalue weighted by atomic mass is 10.1. The molecule has 1 atom stereocenters. The number of aryl methyl sites for hydroxylation is 1. The lowest BCUT2D eigenvalue weighted by Crippen LogP contribution is -2.39. The average Bonchev–Trinajstić information content (AvgIpc) is 3.03. The molecule has 1 aromatic heterocycles. The largest absolute Gasteiger partial charge is 0.341 e. The minimum absolute atomic E-state index is 0.379. The van der Waals surface area contributed by atoms with E-state index in [9.17, 15) is 9.59 Å². The summed E-state index contributed by atoms with van der Waals surface area (Å²) in [6.07, 6.45) is 0. The lowest BCUT2D eigenvalue weighted by molar-refractivity contribution is -0.119. The molecule has 6 nitrogen and oxygen atoms in total. The van der Waals surface area contributed by atoms with Gasteiger partial charge >= 0.3 is 6.03 Å². The third-order valence-corrected chi connectivity index (χ3v) is 5.21. The van der Waals surface area contributed by atoms with E-state index in [2.05, 4.69) is 20.2 Å². The molecule has 0 unspecified atom stereocenters. The Kier molecular flexibility index (Phi) is 5.58. The van der Waals surface area contributed by atoms with Crippen LogP contribution in [0.15, 0.2) is 59.8 Å². The summed E-state index contributed by atoms with van der Waals surface area (Å²) in [6.45, 7) is 2.78. The maximum absolute atomic E-state index is 12.7. The van der Waals surface area contributed by atoms with Crippen LogP contribution in [0.5, 0.6) is 0 Å². The highest BCUT2D eigenvalue weighted by Crippen LogP contribution is 2.36. The normalized spacial score (nSPS) is 11.9. The molecule has 0 radical (unpaired) electrons. The number of para-hydroxylation sites is 2. The first kappa shape index (κ1) is 18.0. The molecule has 0 saturated heterocycles. The van der Waals surface area contributed by atoms with E-state index in [4.69, 9.17) is 0 Å². The summed E-state index contributed by atoms with van der Waals surface area (Å²) in [5.74, 6) is -0.379. The number of hydrogen-bond acceptors (Lipinski definition) is 4. The number of nitrogens with one attached hydrogen (secondary N) is 2. The fourth-order valence-corrected chi connectivity index (χ4v) is 3.87. The standard InChI is InChI=1S/C19H20N4O2S/c1-3-23-15-12-8-7-11-14(15)21-19(23)26-16(13-9-5-4-6-10-13)17(24)22-18(25)20-2/h4-12,16H,3H2,1-2H3,(H2,20,22,24,25)/t16-/m0/s1. The Morgan fingerprint density at radius 1 is 1.12 bits per heavy atom.